The molecule has 8 atom stereocenters. The highest BCUT2D eigenvalue weighted by Gasteiger charge is 2.87. The van der Waals surface area contributed by atoms with Crippen molar-refractivity contribution in [3.63, 3.8) is 0 Å². The van der Waals surface area contributed by atoms with Gasteiger partial charge in [0.05, 0.1) is 17.4 Å². The maximum atomic E-state index is 14.0. The molecule has 0 unspecified atom stereocenters. The third-order valence-corrected chi connectivity index (χ3v) is 9.50. The molecule has 0 amide bonds. The molecular formula is C24H34O6. The summed E-state index contributed by atoms with van der Waals surface area (Å²) in [5.74, 6) is -4.29. The van der Waals surface area contributed by atoms with Crippen LogP contribution in [0.1, 0.15) is 60.3 Å². The van der Waals surface area contributed by atoms with E-state index in [1.54, 1.807) is 0 Å². The van der Waals surface area contributed by atoms with Crippen LogP contribution in [0.15, 0.2) is 12.2 Å². The van der Waals surface area contributed by atoms with Crippen molar-refractivity contribution in [1.29, 1.82) is 0 Å². The van der Waals surface area contributed by atoms with Crippen molar-refractivity contribution in [2.24, 2.45) is 39.9 Å². The standard InChI is InChI=1S/C24H34O6/c1-12-14-7-8-15-22-11-29-24(30-21(5,6)28,23(15,13(14)2)18(12)26)19(27)17(22)20(3,4)10-9-16(22)25/h13-15,17,19,27-28H,1,7-11H2,2-6H3/t13-,14+,15+,17-,19+,22-,23+,24+/m1/s1. The van der Waals surface area contributed by atoms with Crippen molar-refractivity contribution >= 4 is 11.6 Å². The number of aliphatic hydroxyl groups excluding tert-OH is 1. The molecule has 6 nitrogen and oxygen atoms in total. The van der Waals surface area contributed by atoms with Crippen molar-refractivity contribution in [2.75, 3.05) is 6.61 Å². The zero-order chi connectivity index (χ0) is 22.1. The molecule has 4 saturated carbocycles. The van der Waals surface area contributed by atoms with Gasteiger partial charge < -0.3 is 19.7 Å². The maximum absolute atomic E-state index is 14.0. The molecule has 4 bridgehead atoms. The fraction of sp³-hybridized carbons (Fsp3) is 0.833. The van der Waals surface area contributed by atoms with Crippen molar-refractivity contribution < 1.29 is 29.3 Å². The van der Waals surface area contributed by atoms with E-state index < -0.39 is 34.4 Å². The molecule has 0 aromatic heterocycles. The van der Waals surface area contributed by atoms with Crippen molar-refractivity contribution in [3.05, 3.63) is 12.2 Å². The molecule has 30 heavy (non-hydrogen) atoms. The zero-order valence-electron chi connectivity index (χ0n) is 18.7. The van der Waals surface area contributed by atoms with E-state index in [0.29, 0.717) is 24.8 Å². The third-order valence-electron chi connectivity index (χ3n) is 9.50. The molecule has 2 heterocycles. The van der Waals surface area contributed by atoms with Gasteiger partial charge in [0.2, 0.25) is 5.79 Å². The number of hydrogen-bond acceptors (Lipinski definition) is 6. The number of Topliss-reactive ketones (excluding diaryl/α,β-unsaturated/α-hetero) is 2. The molecule has 2 spiro atoms. The second-order valence-electron chi connectivity index (χ2n) is 11.6. The van der Waals surface area contributed by atoms with Crippen molar-refractivity contribution in [1.82, 2.24) is 0 Å². The number of allylic oxidation sites excluding steroid dienone is 1. The predicted molar refractivity (Wildman–Crippen MR) is 108 cm³/mol. The van der Waals surface area contributed by atoms with Crippen LogP contribution in [-0.2, 0) is 19.1 Å². The Labute approximate surface area is 178 Å². The van der Waals surface area contributed by atoms with Gasteiger partial charge in [-0.2, -0.15) is 0 Å². The summed E-state index contributed by atoms with van der Waals surface area (Å²) >= 11 is 0. The lowest BCUT2D eigenvalue weighted by molar-refractivity contribution is -0.477. The summed E-state index contributed by atoms with van der Waals surface area (Å²) in [5, 5.41) is 22.7. The van der Waals surface area contributed by atoms with Crippen LogP contribution in [-0.4, -0.2) is 46.1 Å². The lowest BCUT2D eigenvalue weighted by Gasteiger charge is -2.74. The molecule has 6 fully saturated rings. The first kappa shape index (κ1) is 20.8. The highest BCUT2D eigenvalue weighted by Crippen LogP contribution is 2.78. The minimum absolute atomic E-state index is 0.0206. The molecule has 0 aromatic carbocycles. The normalized spacial score (nSPS) is 51.7. The molecule has 2 saturated heterocycles. The first-order valence-electron chi connectivity index (χ1n) is 11.3. The number of rotatable bonds is 2. The van der Waals surface area contributed by atoms with Gasteiger partial charge in [-0.05, 0) is 61.9 Å². The first-order chi connectivity index (χ1) is 13.8. The fourth-order valence-electron chi connectivity index (χ4n) is 8.64. The number of carbonyl (C=O) groups is 2. The summed E-state index contributed by atoms with van der Waals surface area (Å²) in [5.41, 5.74) is -1.91. The molecule has 166 valence electrons. The summed E-state index contributed by atoms with van der Waals surface area (Å²) in [4.78, 5) is 27.6. The van der Waals surface area contributed by atoms with Crippen LogP contribution in [0.25, 0.3) is 0 Å². The summed E-state index contributed by atoms with van der Waals surface area (Å²) in [6.07, 6.45) is 1.40. The highest BCUT2D eigenvalue weighted by molar-refractivity contribution is 6.05. The largest absolute Gasteiger partial charge is 0.387 e. The minimum atomic E-state index is -1.70. The Kier molecular flexibility index (Phi) is 3.91. The molecule has 0 radical (unpaired) electrons. The van der Waals surface area contributed by atoms with Crippen molar-refractivity contribution in [3.8, 4) is 0 Å². The second kappa shape index (κ2) is 5.64. The number of ether oxygens (including phenoxy) is 2. The Hall–Kier alpha value is -1.08. The van der Waals surface area contributed by atoms with Crippen LogP contribution in [0.4, 0.5) is 0 Å². The van der Waals surface area contributed by atoms with E-state index in [4.69, 9.17) is 9.47 Å². The zero-order valence-corrected chi connectivity index (χ0v) is 18.7. The Morgan fingerprint density at radius 3 is 2.53 bits per heavy atom. The van der Waals surface area contributed by atoms with E-state index in [-0.39, 0.29) is 41.3 Å². The summed E-state index contributed by atoms with van der Waals surface area (Å²) in [7, 11) is 0. The lowest BCUT2D eigenvalue weighted by atomic mass is 9.35. The lowest BCUT2D eigenvalue weighted by Crippen LogP contribution is -2.85. The topological polar surface area (TPSA) is 93.1 Å². The molecule has 6 rings (SSSR count). The highest BCUT2D eigenvalue weighted by atomic mass is 16.8. The third kappa shape index (κ3) is 1.97. The maximum Gasteiger partial charge on any atom is 0.211 e. The van der Waals surface area contributed by atoms with E-state index in [1.807, 2.05) is 6.92 Å². The van der Waals surface area contributed by atoms with Crippen LogP contribution >= 0.6 is 0 Å². The average molecular weight is 419 g/mol. The molecule has 6 heteroatoms. The predicted octanol–water partition coefficient (Wildman–Crippen LogP) is 2.61. The quantitative estimate of drug-likeness (QED) is 0.529. The smallest absolute Gasteiger partial charge is 0.211 e. The number of aliphatic hydroxyl groups is 2. The van der Waals surface area contributed by atoms with Gasteiger partial charge in [-0.3, -0.25) is 9.59 Å². The van der Waals surface area contributed by atoms with Gasteiger partial charge in [-0.1, -0.05) is 27.4 Å². The summed E-state index contributed by atoms with van der Waals surface area (Å²) in [6.45, 7) is 13.4. The number of hydrogen-bond donors (Lipinski definition) is 2. The van der Waals surface area contributed by atoms with E-state index >= 15 is 0 Å². The van der Waals surface area contributed by atoms with Gasteiger partial charge in [0, 0.05) is 12.3 Å². The van der Waals surface area contributed by atoms with Gasteiger partial charge in [-0.15, -0.1) is 0 Å². The van der Waals surface area contributed by atoms with Crippen LogP contribution in [0.3, 0.4) is 0 Å². The molecule has 0 aromatic rings. The SMILES string of the molecule is C=C1C(=O)[C@]23[C@H](C)[C@H]1CC[C@H]2[C@@]12CO[C@]3(OC(C)(C)O)[C@@H](O)[C@@H]1C(C)(C)CCC2=O. The Balaban J connectivity index is 1.84. The van der Waals surface area contributed by atoms with Gasteiger partial charge in [0.15, 0.2) is 11.6 Å². The van der Waals surface area contributed by atoms with E-state index in [2.05, 4.69) is 20.4 Å². The fourth-order valence-corrected chi connectivity index (χ4v) is 8.64. The van der Waals surface area contributed by atoms with Gasteiger partial charge in [0.25, 0.3) is 0 Å². The number of fused-ring (bicyclic) bond motifs is 2. The van der Waals surface area contributed by atoms with Crippen LogP contribution < -0.4 is 0 Å². The minimum Gasteiger partial charge on any atom is -0.387 e. The molecule has 2 N–H and O–H groups in total. The molecule has 6 aliphatic rings. The monoisotopic (exact) mass is 418 g/mol. The molecule has 2 aliphatic heterocycles. The average Bonchev–Trinajstić information content (AvgIpc) is 2.74. The van der Waals surface area contributed by atoms with E-state index in [9.17, 15) is 19.8 Å². The van der Waals surface area contributed by atoms with Gasteiger partial charge in [0.1, 0.15) is 11.9 Å². The van der Waals surface area contributed by atoms with Crippen LogP contribution in [0.5, 0.6) is 0 Å². The van der Waals surface area contributed by atoms with E-state index in [0.717, 1.165) is 6.42 Å². The molecular weight excluding hydrogens is 384 g/mol. The first-order valence-corrected chi connectivity index (χ1v) is 11.3. The number of ketones is 2. The summed E-state index contributed by atoms with van der Waals surface area (Å²) in [6, 6.07) is 0. The van der Waals surface area contributed by atoms with Crippen LogP contribution in [0, 0.1) is 39.9 Å². The number of carbonyl (C=O) groups excluding carboxylic acids is 2. The Bertz CT molecular complexity index is 854. The Morgan fingerprint density at radius 2 is 1.90 bits per heavy atom. The van der Waals surface area contributed by atoms with Gasteiger partial charge in [-0.25, -0.2) is 0 Å². The Morgan fingerprint density at radius 1 is 1.23 bits per heavy atom. The van der Waals surface area contributed by atoms with Crippen molar-refractivity contribution in [2.45, 2.75) is 78.0 Å². The summed E-state index contributed by atoms with van der Waals surface area (Å²) < 4.78 is 12.6. The van der Waals surface area contributed by atoms with Gasteiger partial charge >= 0.3 is 0 Å². The second-order valence-corrected chi connectivity index (χ2v) is 11.6. The molecule has 4 aliphatic carbocycles. The van der Waals surface area contributed by atoms with Crippen LogP contribution in [0.2, 0.25) is 0 Å². The van der Waals surface area contributed by atoms with E-state index in [1.165, 1.54) is 13.8 Å².